The Morgan fingerprint density at radius 1 is 1.37 bits per heavy atom. The van der Waals surface area contributed by atoms with Crippen LogP contribution < -0.4 is 14.8 Å². The lowest BCUT2D eigenvalue weighted by atomic mass is 10.1. The zero-order chi connectivity index (χ0) is 14.3. The first-order valence-electron chi connectivity index (χ1n) is 6.04. The molecule has 0 aliphatic rings. The summed E-state index contributed by atoms with van der Waals surface area (Å²) in [6.45, 7) is 1.85. The van der Waals surface area contributed by atoms with Gasteiger partial charge in [0.15, 0.2) is 11.5 Å². The standard InChI is InChI=1S/C14H18N2O3/c1-4-11(9-15)16-14(17)8-10-5-6-12(18-2)13(7-10)19-3/h5-7,11H,4,8H2,1-3H3,(H,16,17). The molecule has 0 aromatic heterocycles. The number of hydrogen-bond donors (Lipinski definition) is 1. The van der Waals surface area contributed by atoms with Gasteiger partial charge < -0.3 is 14.8 Å². The van der Waals surface area contributed by atoms with Crippen molar-refractivity contribution < 1.29 is 14.3 Å². The molecule has 5 nitrogen and oxygen atoms in total. The molecule has 1 atom stereocenters. The van der Waals surface area contributed by atoms with Gasteiger partial charge in [-0.3, -0.25) is 4.79 Å². The SMILES string of the molecule is CCC(C#N)NC(=O)Cc1ccc(OC)c(OC)c1. The summed E-state index contributed by atoms with van der Waals surface area (Å²) in [5.74, 6) is 1.02. The Morgan fingerprint density at radius 3 is 2.58 bits per heavy atom. The molecular weight excluding hydrogens is 244 g/mol. The molecule has 0 aliphatic heterocycles. The molecule has 0 bridgehead atoms. The van der Waals surface area contributed by atoms with E-state index in [1.807, 2.05) is 13.0 Å². The van der Waals surface area contributed by atoms with Crippen LogP contribution in [0.5, 0.6) is 11.5 Å². The average molecular weight is 262 g/mol. The number of nitrogens with zero attached hydrogens (tertiary/aromatic N) is 1. The Bertz CT molecular complexity index is 480. The van der Waals surface area contributed by atoms with Crippen LogP contribution in [0, 0.1) is 11.3 Å². The second kappa shape index (κ2) is 7.27. The lowest BCUT2D eigenvalue weighted by molar-refractivity contribution is -0.120. The number of carbonyl (C=O) groups is 1. The molecule has 0 heterocycles. The average Bonchev–Trinajstić information content (AvgIpc) is 2.44. The summed E-state index contributed by atoms with van der Waals surface area (Å²) in [6.07, 6.45) is 0.798. The molecule has 0 radical (unpaired) electrons. The molecule has 0 spiro atoms. The number of nitrogens with one attached hydrogen (secondary N) is 1. The van der Waals surface area contributed by atoms with Crippen LogP contribution in [-0.2, 0) is 11.2 Å². The third kappa shape index (κ3) is 4.18. The predicted molar refractivity (Wildman–Crippen MR) is 71.1 cm³/mol. The fourth-order valence-electron chi connectivity index (χ4n) is 1.65. The van der Waals surface area contributed by atoms with Crippen LogP contribution in [-0.4, -0.2) is 26.2 Å². The molecule has 1 rings (SSSR count). The van der Waals surface area contributed by atoms with Gasteiger partial charge >= 0.3 is 0 Å². The highest BCUT2D eigenvalue weighted by Crippen LogP contribution is 2.27. The highest BCUT2D eigenvalue weighted by molar-refractivity contribution is 5.79. The number of nitriles is 1. The predicted octanol–water partition coefficient (Wildman–Crippen LogP) is 1.66. The molecule has 19 heavy (non-hydrogen) atoms. The molecule has 102 valence electrons. The second-order valence-electron chi connectivity index (χ2n) is 4.02. The summed E-state index contributed by atoms with van der Waals surface area (Å²) in [5, 5.41) is 11.4. The van der Waals surface area contributed by atoms with Gasteiger partial charge in [0, 0.05) is 0 Å². The van der Waals surface area contributed by atoms with Crippen LogP contribution in [0.1, 0.15) is 18.9 Å². The number of carbonyl (C=O) groups excluding carboxylic acids is 1. The summed E-state index contributed by atoms with van der Waals surface area (Å²) in [6, 6.07) is 6.90. The van der Waals surface area contributed by atoms with Crippen LogP contribution in [0.3, 0.4) is 0 Å². The van der Waals surface area contributed by atoms with Crippen LogP contribution >= 0.6 is 0 Å². The van der Waals surface area contributed by atoms with E-state index in [9.17, 15) is 4.79 Å². The maximum atomic E-state index is 11.8. The van der Waals surface area contributed by atoms with Gasteiger partial charge in [-0.25, -0.2) is 0 Å². The van der Waals surface area contributed by atoms with Gasteiger partial charge in [0.25, 0.3) is 0 Å². The van der Waals surface area contributed by atoms with Crippen molar-refractivity contribution in [1.29, 1.82) is 5.26 Å². The number of amides is 1. The quantitative estimate of drug-likeness (QED) is 0.846. The molecule has 0 saturated heterocycles. The van der Waals surface area contributed by atoms with Crippen LogP contribution in [0.15, 0.2) is 18.2 Å². The van der Waals surface area contributed by atoms with Gasteiger partial charge in [-0.05, 0) is 24.1 Å². The normalized spacial score (nSPS) is 11.3. The van der Waals surface area contributed by atoms with E-state index in [0.29, 0.717) is 17.9 Å². The Morgan fingerprint density at radius 2 is 2.05 bits per heavy atom. The van der Waals surface area contributed by atoms with Crippen molar-refractivity contribution in [2.45, 2.75) is 25.8 Å². The van der Waals surface area contributed by atoms with Crippen molar-refractivity contribution in [3.8, 4) is 17.6 Å². The van der Waals surface area contributed by atoms with Gasteiger partial charge in [0.05, 0.1) is 26.7 Å². The van der Waals surface area contributed by atoms with Crippen LogP contribution in [0.25, 0.3) is 0 Å². The minimum absolute atomic E-state index is 0.180. The fourth-order valence-corrected chi connectivity index (χ4v) is 1.65. The first kappa shape index (κ1) is 14.8. The van der Waals surface area contributed by atoms with E-state index >= 15 is 0 Å². The van der Waals surface area contributed by atoms with Gasteiger partial charge in [-0.15, -0.1) is 0 Å². The monoisotopic (exact) mass is 262 g/mol. The molecule has 1 aromatic rings. The van der Waals surface area contributed by atoms with E-state index in [4.69, 9.17) is 14.7 Å². The maximum Gasteiger partial charge on any atom is 0.225 e. The number of methoxy groups -OCH3 is 2. The number of ether oxygens (including phenoxy) is 2. The van der Waals surface area contributed by atoms with Crippen LogP contribution in [0.4, 0.5) is 0 Å². The lowest BCUT2D eigenvalue weighted by Crippen LogP contribution is -2.34. The minimum Gasteiger partial charge on any atom is -0.493 e. The zero-order valence-corrected chi connectivity index (χ0v) is 11.4. The Labute approximate surface area is 113 Å². The molecule has 0 saturated carbocycles. The zero-order valence-electron chi connectivity index (χ0n) is 11.4. The van der Waals surface area contributed by atoms with Crippen molar-refractivity contribution >= 4 is 5.91 Å². The third-order valence-corrected chi connectivity index (χ3v) is 2.71. The van der Waals surface area contributed by atoms with Crippen molar-refractivity contribution in [3.05, 3.63) is 23.8 Å². The molecule has 1 aromatic carbocycles. The molecular formula is C14H18N2O3. The first-order valence-corrected chi connectivity index (χ1v) is 6.04. The Balaban J connectivity index is 2.72. The summed E-state index contributed by atoms with van der Waals surface area (Å²) in [7, 11) is 3.10. The molecule has 5 heteroatoms. The number of benzene rings is 1. The molecule has 1 unspecified atom stereocenters. The Hall–Kier alpha value is -2.22. The largest absolute Gasteiger partial charge is 0.493 e. The lowest BCUT2D eigenvalue weighted by Gasteiger charge is -2.11. The van der Waals surface area contributed by atoms with E-state index in [1.54, 1.807) is 32.4 Å². The molecule has 1 amide bonds. The number of rotatable bonds is 6. The highest BCUT2D eigenvalue weighted by Gasteiger charge is 2.11. The van der Waals surface area contributed by atoms with Gasteiger partial charge in [0.1, 0.15) is 6.04 Å². The molecule has 0 fully saturated rings. The fraction of sp³-hybridized carbons (Fsp3) is 0.429. The van der Waals surface area contributed by atoms with E-state index in [-0.39, 0.29) is 12.3 Å². The molecule has 0 aliphatic carbocycles. The van der Waals surface area contributed by atoms with Gasteiger partial charge in [0.2, 0.25) is 5.91 Å². The van der Waals surface area contributed by atoms with Gasteiger partial charge in [-0.1, -0.05) is 13.0 Å². The number of hydrogen-bond acceptors (Lipinski definition) is 4. The van der Waals surface area contributed by atoms with E-state index < -0.39 is 6.04 Å². The molecule has 1 N–H and O–H groups in total. The third-order valence-electron chi connectivity index (χ3n) is 2.71. The first-order chi connectivity index (χ1) is 9.14. The van der Waals surface area contributed by atoms with Gasteiger partial charge in [-0.2, -0.15) is 5.26 Å². The summed E-state index contributed by atoms with van der Waals surface area (Å²) in [5.41, 5.74) is 0.808. The highest BCUT2D eigenvalue weighted by atomic mass is 16.5. The summed E-state index contributed by atoms with van der Waals surface area (Å²) < 4.78 is 10.3. The van der Waals surface area contributed by atoms with Crippen molar-refractivity contribution in [1.82, 2.24) is 5.32 Å². The van der Waals surface area contributed by atoms with Crippen molar-refractivity contribution in [2.24, 2.45) is 0 Å². The summed E-state index contributed by atoms with van der Waals surface area (Å²) >= 11 is 0. The summed E-state index contributed by atoms with van der Waals surface area (Å²) in [4.78, 5) is 11.8. The second-order valence-corrected chi connectivity index (χ2v) is 4.02. The smallest absolute Gasteiger partial charge is 0.225 e. The van der Waals surface area contributed by atoms with Crippen molar-refractivity contribution in [3.63, 3.8) is 0 Å². The maximum absolute atomic E-state index is 11.8. The van der Waals surface area contributed by atoms with Crippen molar-refractivity contribution in [2.75, 3.05) is 14.2 Å². The minimum atomic E-state index is -0.437. The Kier molecular flexibility index (Phi) is 5.68. The topological polar surface area (TPSA) is 71.4 Å². The van der Waals surface area contributed by atoms with Crippen LogP contribution in [0.2, 0.25) is 0 Å². The van der Waals surface area contributed by atoms with E-state index in [2.05, 4.69) is 5.32 Å². The van der Waals surface area contributed by atoms with E-state index in [0.717, 1.165) is 5.56 Å². The van der Waals surface area contributed by atoms with E-state index in [1.165, 1.54) is 0 Å².